The van der Waals surface area contributed by atoms with Gasteiger partial charge in [-0.15, -0.1) is 0 Å². The minimum atomic E-state index is -0.891. The summed E-state index contributed by atoms with van der Waals surface area (Å²) < 4.78 is 18.4. The molecule has 0 radical (unpaired) electrons. The summed E-state index contributed by atoms with van der Waals surface area (Å²) in [5.41, 5.74) is -0.574. The van der Waals surface area contributed by atoms with Crippen LogP contribution in [0.5, 0.6) is 0 Å². The van der Waals surface area contributed by atoms with Gasteiger partial charge in [0, 0.05) is 6.42 Å². The predicted molar refractivity (Wildman–Crippen MR) is 66.6 cm³/mol. The number of halogens is 1. The Labute approximate surface area is 107 Å². The Morgan fingerprint density at radius 3 is 2.61 bits per heavy atom. The quantitative estimate of drug-likeness (QED) is 0.821. The van der Waals surface area contributed by atoms with E-state index in [1.54, 1.807) is 39.0 Å². The van der Waals surface area contributed by atoms with Crippen LogP contribution in [0, 0.1) is 5.82 Å². The number of ether oxygens (including phenoxy) is 1. The van der Waals surface area contributed by atoms with Gasteiger partial charge in [0.2, 0.25) is 0 Å². The van der Waals surface area contributed by atoms with E-state index < -0.39 is 23.5 Å². The largest absolute Gasteiger partial charge is 0.462 e. The maximum Gasteiger partial charge on any atom is 0.310 e. The van der Waals surface area contributed by atoms with Crippen molar-refractivity contribution in [1.82, 2.24) is 0 Å². The smallest absolute Gasteiger partial charge is 0.310 e. The molecule has 1 unspecified atom stereocenters. The van der Waals surface area contributed by atoms with E-state index in [-0.39, 0.29) is 6.42 Å². The molecule has 4 heteroatoms. The van der Waals surface area contributed by atoms with E-state index in [0.717, 1.165) is 0 Å². The maximum absolute atomic E-state index is 13.3. The van der Waals surface area contributed by atoms with E-state index in [4.69, 9.17) is 4.74 Å². The highest BCUT2D eigenvalue weighted by Crippen LogP contribution is 2.14. The molecule has 0 aliphatic carbocycles. The van der Waals surface area contributed by atoms with Gasteiger partial charge in [0.05, 0.1) is 12.0 Å². The number of rotatable bonds is 5. The molecule has 1 atom stereocenters. The summed E-state index contributed by atoms with van der Waals surface area (Å²) in [6, 6.07) is 6.10. The molecule has 0 aliphatic heterocycles. The van der Waals surface area contributed by atoms with Gasteiger partial charge in [-0.25, -0.2) is 4.39 Å². The average molecular weight is 254 g/mol. The highest BCUT2D eigenvalue weighted by atomic mass is 19.1. The van der Waals surface area contributed by atoms with Crippen LogP contribution in [0.2, 0.25) is 0 Å². The second-order valence-electron chi connectivity index (χ2n) is 5.09. The molecule has 0 saturated heterocycles. The molecule has 1 aromatic carbocycles. The van der Waals surface area contributed by atoms with Crippen molar-refractivity contribution >= 4 is 5.97 Å². The van der Waals surface area contributed by atoms with Crippen LogP contribution in [0.25, 0.3) is 0 Å². The summed E-state index contributed by atoms with van der Waals surface area (Å²) in [7, 11) is 0. The second-order valence-corrected chi connectivity index (χ2v) is 5.09. The van der Waals surface area contributed by atoms with Crippen LogP contribution < -0.4 is 0 Å². The fourth-order valence-corrected chi connectivity index (χ4v) is 1.81. The van der Waals surface area contributed by atoms with Crippen molar-refractivity contribution < 1.29 is 19.0 Å². The van der Waals surface area contributed by atoms with Crippen molar-refractivity contribution in [3.63, 3.8) is 0 Å². The molecule has 0 amide bonds. The number of esters is 1. The van der Waals surface area contributed by atoms with E-state index in [1.165, 1.54) is 6.07 Å². The van der Waals surface area contributed by atoms with Gasteiger partial charge in [-0.2, -0.15) is 0 Å². The number of hydrogen-bond donors (Lipinski definition) is 1. The number of aliphatic hydroxyl groups is 1. The lowest BCUT2D eigenvalue weighted by atomic mass is 10.0. The minimum Gasteiger partial charge on any atom is -0.462 e. The van der Waals surface area contributed by atoms with Crippen molar-refractivity contribution in [3.05, 3.63) is 35.6 Å². The average Bonchev–Trinajstić information content (AvgIpc) is 2.18. The fourth-order valence-electron chi connectivity index (χ4n) is 1.81. The van der Waals surface area contributed by atoms with Gasteiger partial charge in [0.15, 0.2) is 0 Å². The van der Waals surface area contributed by atoms with Gasteiger partial charge in [-0.05, 0) is 32.4 Å². The molecule has 0 spiro atoms. The molecule has 0 heterocycles. The highest BCUT2D eigenvalue weighted by molar-refractivity contribution is 5.72. The van der Waals surface area contributed by atoms with Gasteiger partial charge in [0.1, 0.15) is 11.9 Å². The van der Waals surface area contributed by atoms with Crippen molar-refractivity contribution in [2.45, 2.75) is 45.3 Å². The third-order valence-electron chi connectivity index (χ3n) is 2.41. The number of carbonyl (C=O) groups excluding carboxylic acids is 1. The zero-order valence-electron chi connectivity index (χ0n) is 10.9. The lowest BCUT2D eigenvalue weighted by molar-refractivity contribution is -0.149. The summed E-state index contributed by atoms with van der Waals surface area (Å²) in [6.45, 7) is 5.00. The van der Waals surface area contributed by atoms with Crippen molar-refractivity contribution in [2.24, 2.45) is 0 Å². The zero-order chi connectivity index (χ0) is 13.8. The topological polar surface area (TPSA) is 46.5 Å². The zero-order valence-corrected chi connectivity index (χ0v) is 10.9. The summed E-state index contributed by atoms with van der Waals surface area (Å²) in [4.78, 5) is 11.6. The molecule has 0 aliphatic rings. The Bertz CT molecular complexity index is 410. The summed E-state index contributed by atoms with van der Waals surface area (Å²) in [5, 5.41) is 9.58. The van der Waals surface area contributed by atoms with E-state index in [2.05, 4.69) is 0 Å². The number of hydrogen-bond acceptors (Lipinski definition) is 3. The van der Waals surface area contributed by atoms with Crippen molar-refractivity contribution in [3.8, 4) is 0 Å². The summed E-state index contributed by atoms with van der Waals surface area (Å²) >= 11 is 0. The van der Waals surface area contributed by atoms with Gasteiger partial charge >= 0.3 is 5.97 Å². The molecule has 3 nitrogen and oxygen atoms in total. The summed E-state index contributed by atoms with van der Waals surface area (Å²) in [6.07, 6.45) is -0.150. The Hall–Kier alpha value is -1.42. The first-order valence-corrected chi connectivity index (χ1v) is 5.93. The molecule has 100 valence electrons. The Balaban J connectivity index is 2.50. The Morgan fingerprint density at radius 2 is 2.06 bits per heavy atom. The Kier molecular flexibility index (Phi) is 4.84. The lowest BCUT2D eigenvalue weighted by Gasteiger charge is -2.22. The fraction of sp³-hybridized carbons (Fsp3) is 0.500. The third-order valence-corrected chi connectivity index (χ3v) is 2.41. The van der Waals surface area contributed by atoms with Crippen LogP contribution in [0.15, 0.2) is 24.3 Å². The molecule has 0 saturated carbocycles. The highest BCUT2D eigenvalue weighted by Gasteiger charge is 2.20. The van der Waals surface area contributed by atoms with E-state index >= 15 is 0 Å². The molecule has 1 rings (SSSR count). The molecular formula is C14H19FO3. The van der Waals surface area contributed by atoms with E-state index in [0.29, 0.717) is 12.0 Å². The van der Waals surface area contributed by atoms with E-state index in [1.807, 2.05) is 0 Å². The van der Waals surface area contributed by atoms with Gasteiger partial charge in [0.25, 0.3) is 0 Å². The number of benzene rings is 1. The molecule has 0 aromatic heterocycles. The van der Waals surface area contributed by atoms with Crippen LogP contribution in [0.3, 0.4) is 0 Å². The van der Waals surface area contributed by atoms with Crippen molar-refractivity contribution in [1.29, 1.82) is 0 Å². The van der Waals surface area contributed by atoms with Crippen molar-refractivity contribution in [2.75, 3.05) is 0 Å². The van der Waals surface area contributed by atoms with Crippen LogP contribution in [0.1, 0.15) is 32.8 Å². The molecule has 1 aromatic rings. The number of carbonyl (C=O) groups is 1. The van der Waals surface area contributed by atoms with Crippen LogP contribution in [0.4, 0.5) is 4.39 Å². The van der Waals surface area contributed by atoms with Gasteiger partial charge in [-0.1, -0.05) is 18.2 Å². The van der Waals surface area contributed by atoms with Crippen LogP contribution in [-0.4, -0.2) is 22.8 Å². The van der Waals surface area contributed by atoms with E-state index in [9.17, 15) is 14.3 Å². The summed E-state index contributed by atoms with van der Waals surface area (Å²) in [5.74, 6) is -0.901. The predicted octanol–water partition coefficient (Wildman–Crippen LogP) is 2.46. The Morgan fingerprint density at radius 1 is 1.44 bits per heavy atom. The van der Waals surface area contributed by atoms with Gasteiger partial charge < -0.3 is 9.84 Å². The lowest BCUT2D eigenvalue weighted by Crippen LogP contribution is -2.28. The van der Waals surface area contributed by atoms with Crippen LogP contribution in [-0.2, 0) is 16.0 Å². The normalized spacial score (nSPS) is 13.2. The maximum atomic E-state index is 13.3. The molecule has 1 N–H and O–H groups in total. The van der Waals surface area contributed by atoms with Gasteiger partial charge in [-0.3, -0.25) is 4.79 Å². The standard InChI is InChI=1S/C14H19FO3/c1-10(9-14(2,3)17)18-13(16)8-11-6-4-5-7-12(11)15/h4-7,10,17H,8-9H2,1-3H3. The molecule has 0 fully saturated rings. The van der Waals surface area contributed by atoms with Crippen LogP contribution >= 0.6 is 0 Å². The SMILES string of the molecule is CC(CC(C)(C)O)OC(=O)Cc1ccccc1F. The first kappa shape index (κ1) is 14.6. The minimum absolute atomic E-state index is 0.0944. The monoisotopic (exact) mass is 254 g/mol. The third kappa shape index (κ3) is 5.27. The molecule has 0 bridgehead atoms. The second kappa shape index (κ2) is 5.96. The molecular weight excluding hydrogens is 235 g/mol. The first-order valence-electron chi connectivity index (χ1n) is 5.93. The first-order chi connectivity index (χ1) is 8.28. The molecule has 18 heavy (non-hydrogen) atoms.